The van der Waals surface area contributed by atoms with Crippen molar-refractivity contribution in [3.63, 3.8) is 0 Å². The molecule has 0 saturated heterocycles. The molecule has 21 heavy (non-hydrogen) atoms. The van der Waals surface area contributed by atoms with Gasteiger partial charge in [0.2, 0.25) is 0 Å². The second-order valence-corrected chi connectivity index (χ2v) is 4.89. The summed E-state index contributed by atoms with van der Waals surface area (Å²) < 4.78 is 0. The third-order valence-electron chi connectivity index (χ3n) is 3.18. The van der Waals surface area contributed by atoms with E-state index >= 15 is 0 Å². The Morgan fingerprint density at radius 2 is 2.00 bits per heavy atom. The summed E-state index contributed by atoms with van der Waals surface area (Å²) in [6.45, 7) is 1.17. The van der Waals surface area contributed by atoms with Crippen molar-refractivity contribution in [2.45, 2.75) is 12.8 Å². The van der Waals surface area contributed by atoms with Crippen molar-refractivity contribution < 1.29 is 10.2 Å². The number of anilines is 1. The van der Waals surface area contributed by atoms with Gasteiger partial charge in [-0.15, -0.1) is 0 Å². The Balaban J connectivity index is 2.03. The third kappa shape index (κ3) is 4.53. The molecule has 0 aliphatic heterocycles. The van der Waals surface area contributed by atoms with Gasteiger partial charge in [0.1, 0.15) is 0 Å². The van der Waals surface area contributed by atoms with Crippen molar-refractivity contribution in [2.75, 3.05) is 25.5 Å². The van der Waals surface area contributed by atoms with Crippen LogP contribution in [0.4, 0.5) is 5.69 Å². The van der Waals surface area contributed by atoms with Crippen LogP contribution in [-0.4, -0.2) is 40.3 Å². The lowest BCUT2D eigenvalue weighted by Gasteiger charge is -2.23. The van der Waals surface area contributed by atoms with E-state index in [1.54, 1.807) is 12.3 Å². The number of nitrogens with one attached hydrogen (secondary N) is 1. The van der Waals surface area contributed by atoms with E-state index in [-0.39, 0.29) is 6.61 Å². The molecule has 1 aromatic heterocycles. The highest BCUT2D eigenvalue weighted by Gasteiger charge is 2.15. The van der Waals surface area contributed by atoms with Gasteiger partial charge in [-0.25, -0.2) is 0 Å². The summed E-state index contributed by atoms with van der Waals surface area (Å²) in [5.41, 5.74) is 2.55. The van der Waals surface area contributed by atoms with Gasteiger partial charge in [-0.3, -0.25) is 9.88 Å². The number of hydrogen-bond acceptors (Lipinski definition) is 5. The Morgan fingerprint density at radius 1 is 1.24 bits per heavy atom. The first kappa shape index (κ1) is 15.4. The Morgan fingerprint density at radius 3 is 2.71 bits per heavy atom. The molecule has 0 aliphatic rings. The minimum Gasteiger partial charge on any atom is -0.395 e. The van der Waals surface area contributed by atoms with Crippen molar-refractivity contribution in [2.24, 2.45) is 0 Å². The van der Waals surface area contributed by atoms with Gasteiger partial charge in [0.05, 0.1) is 12.3 Å². The van der Waals surface area contributed by atoms with E-state index in [1.807, 2.05) is 48.3 Å². The second-order valence-electron chi connectivity index (χ2n) is 4.89. The van der Waals surface area contributed by atoms with E-state index in [9.17, 15) is 5.11 Å². The Kier molecular flexibility index (Phi) is 5.68. The van der Waals surface area contributed by atoms with E-state index in [2.05, 4.69) is 10.3 Å². The van der Waals surface area contributed by atoms with E-state index in [0.29, 0.717) is 18.8 Å². The number of hydrogen-bond donors (Lipinski definition) is 3. The fourth-order valence-electron chi connectivity index (χ4n) is 2.08. The molecule has 1 atom stereocenters. The monoisotopic (exact) mass is 287 g/mol. The fourth-order valence-corrected chi connectivity index (χ4v) is 2.08. The predicted molar refractivity (Wildman–Crippen MR) is 82.7 cm³/mol. The second kappa shape index (κ2) is 7.73. The molecule has 0 amide bonds. The van der Waals surface area contributed by atoms with Crippen LogP contribution in [0.5, 0.6) is 0 Å². The van der Waals surface area contributed by atoms with Crippen molar-refractivity contribution in [1.82, 2.24) is 9.88 Å². The van der Waals surface area contributed by atoms with Gasteiger partial charge < -0.3 is 15.5 Å². The van der Waals surface area contributed by atoms with E-state index in [1.165, 1.54) is 0 Å². The van der Waals surface area contributed by atoms with Crippen LogP contribution in [0.1, 0.15) is 17.5 Å². The lowest BCUT2D eigenvalue weighted by atomic mass is 10.2. The van der Waals surface area contributed by atoms with Gasteiger partial charge in [0, 0.05) is 25.0 Å². The van der Waals surface area contributed by atoms with Crippen molar-refractivity contribution in [1.29, 1.82) is 0 Å². The Bertz CT molecular complexity index is 548. The maximum absolute atomic E-state index is 10.4. The summed E-state index contributed by atoms with van der Waals surface area (Å²) in [6, 6.07) is 13.6. The summed E-state index contributed by atoms with van der Waals surface area (Å²) in [4.78, 5) is 6.04. The summed E-state index contributed by atoms with van der Waals surface area (Å²) in [6.07, 6.45) is 0.871. The van der Waals surface area contributed by atoms with Crippen LogP contribution in [0.3, 0.4) is 0 Å². The van der Waals surface area contributed by atoms with Gasteiger partial charge in [0.25, 0.3) is 0 Å². The average Bonchev–Trinajstić information content (AvgIpc) is 2.53. The molecular weight excluding hydrogens is 266 g/mol. The van der Waals surface area contributed by atoms with Crippen LogP contribution >= 0.6 is 0 Å². The molecule has 2 rings (SSSR count). The molecule has 0 radical (unpaired) electrons. The quantitative estimate of drug-likeness (QED) is 0.675. The smallest absolute Gasteiger partial charge is 0.150 e. The van der Waals surface area contributed by atoms with Gasteiger partial charge >= 0.3 is 0 Å². The molecule has 5 nitrogen and oxygen atoms in total. The van der Waals surface area contributed by atoms with Crippen molar-refractivity contribution in [3.05, 3.63) is 59.9 Å². The normalized spacial score (nSPS) is 12.4. The highest BCUT2D eigenvalue weighted by Crippen LogP contribution is 2.19. The molecule has 0 spiro atoms. The van der Waals surface area contributed by atoms with Crippen LogP contribution in [-0.2, 0) is 6.54 Å². The van der Waals surface area contributed by atoms with Gasteiger partial charge in [-0.2, -0.15) is 0 Å². The Hall–Kier alpha value is -1.95. The highest BCUT2D eigenvalue weighted by atomic mass is 16.3. The SMILES string of the molecule is CN(Cc1ccccc1)[C@@H](O)c1cc(NCCO)ccn1. The number of aromatic nitrogens is 1. The standard InChI is InChI=1S/C16H21N3O2/c1-19(12-13-5-3-2-4-6-13)16(21)15-11-14(7-8-18-15)17-9-10-20/h2-8,11,16,20-21H,9-10,12H2,1H3,(H,17,18)/t16-/m0/s1. The molecule has 112 valence electrons. The molecule has 0 bridgehead atoms. The maximum atomic E-state index is 10.4. The molecule has 0 fully saturated rings. The third-order valence-corrected chi connectivity index (χ3v) is 3.18. The molecule has 5 heteroatoms. The molecule has 0 unspecified atom stereocenters. The summed E-state index contributed by atoms with van der Waals surface area (Å²) in [5, 5.41) is 22.3. The van der Waals surface area contributed by atoms with Gasteiger partial charge in [-0.1, -0.05) is 30.3 Å². The fraction of sp³-hybridized carbons (Fsp3) is 0.312. The summed E-state index contributed by atoms with van der Waals surface area (Å²) in [7, 11) is 1.85. The Labute approximate surface area is 124 Å². The average molecular weight is 287 g/mol. The zero-order chi connectivity index (χ0) is 15.1. The number of rotatable bonds is 7. The zero-order valence-corrected chi connectivity index (χ0v) is 12.1. The minimum atomic E-state index is -0.777. The topological polar surface area (TPSA) is 68.6 Å². The molecular formula is C16H21N3O2. The molecule has 3 N–H and O–H groups in total. The summed E-state index contributed by atoms with van der Waals surface area (Å²) in [5.74, 6) is 0. The number of pyridine rings is 1. The van der Waals surface area contributed by atoms with Crippen LogP contribution in [0.2, 0.25) is 0 Å². The summed E-state index contributed by atoms with van der Waals surface area (Å²) >= 11 is 0. The number of benzene rings is 1. The van der Waals surface area contributed by atoms with Crippen molar-refractivity contribution in [3.8, 4) is 0 Å². The number of nitrogens with zero attached hydrogens (tertiary/aromatic N) is 2. The van der Waals surface area contributed by atoms with Crippen LogP contribution in [0.15, 0.2) is 48.7 Å². The minimum absolute atomic E-state index is 0.0636. The van der Waals surface area contributed by atoms with E-state index in [0.717, 1.165) is 11.3 Å². The lowest BCUT2D eigenvalue weighted by Crippen LogP contribution is -2.24. The van der Waals surface area contributed by atoms with Crippen LogP contribution < -0.4 is 5.32 Å². The first-order valence-electron chi connectivity index (χ1n) is 6.93. The maximum Gasteiger partial charge on any atom is 0.150 e. The van der Waals surface area contributed by atoms with E-state index in [4.69, 9.17) is 5.11 Å². The van der Waals surface area contributed by atoms with Crippen molar-refractivity contribution >= 4 is 5.69 Å². The molecule has 1 aromatic carbocycles. The predicted octanol–water partition coefficient (Wildman–Crippen LogP) is 1.61. The van der Waals surface area contributed by atoms with E-state index < -0.39 is 6.23 Å². The molecule has 0 aliphatic carbocycles. The largest absolute Gasteiger partial charge is 0.395 e. The van der Waals surface area contributed by atoms with Crippen LogP contribution in [0.25, 0.3) is 0 Å². The first-order chi connectivity index (χ1) is 10.2. The number of aliphatic hydroxyl groups excluding tert-OH is 2. The molecule has 1 heterocycles. The number of aliphatic hydroxyl groups is 2. The zero-order valence-electron chi connectivity index (χ0n) is 12.1. The highest BCUT2D eigenvalue weighted by molar-refractivity contribution is 5.43. The lowest BCUT2D eigenvalue weighted by molar-refractivity contribution is 0.0118. The van der Waals surface area contributed by atoms with Crippen LogP contribution in [0, 0.1) is 0 Å². The molecule has 2 aromatic rings. The molecule has 0 saturated carbocycles. The van der Waals surface area contributed by atoms with Gasteiger partial charge in [0.15, 0.2) is 6.23 Å². The van der Waals surface area contributed by atoms with Gasteiger partial charge in [-0.05, 0) is 24.7 Å². The first-order valence-corrected chi connectivity index (χ1v) is 6.93.